The van der Waals surface area contributed by atoms with Crippen LogP contribution in [0.25, 0.3) is 10.9 Å². The first-order chi connectivity index (χ1) is 15.0. The molecule has 0 aliphatic carbocycles. The quantitative estimate of drug-likeness (QED) is 0.268. The standard InChI is InChI=1S/C24H18BrN3O2S/c1-15-6-9-19(10-7-15)31-24-17(12-16-4-2-3-5-21(16)27-24)14-26-28-23(30)20-13-18(25)8-11-22(20)29/h2-14,29H,1H3,(H,28,30)/b26-14-. The van der Waals surface area contributed by atoms with E-state index >= 15 is 0 Å². The van der Waals surface area contributed by atoms with Crippen LogP contribution in [0.1, 0.15) is 21.5 Å². The van der Waals surface area contributed by atoms with E-state index in [0.717, 1.165) is 26.4 Å². The molecule has 0 bridgehead atoms. The van der Waals surface area contributed by atoms with Gasteiger partial charge in [0.25, 0.3) is 5.91 Å². The van der Waals surface area contributed by atoms with Gasteiger partial charge < -0.3 is 5.11 Å². The highest BCUT2D eigenvalue weighted by molar-refractivity contribution is 9.10. The van der Waals surface area contributed by atoms with E-state index in [-0.39, 0.29) is 11.3 Å². The van der Waals surface area contributed by atoms with E-state index in [2.05, 4.69) is 50.7 Å². The molecule has 1 heterocycles. The van der Waals surface area contributed by atoms with Gasteiger partial charge in [0.15, 0.2) is 0 Å². The summed E-state index contributed by atoms with van der Waals surface area (Å²) >= 11 is 4.83. The number of amides is 1. The molecule has 4 rings (SSSR count). The Hall–Kier alpha value is -3.16. The number of aryl methyl sites for hydroxylation is 1. The van der Waals surface area contributed by atoms with Crippen LogP contribution < -0.4 is 5.43 Å². The van der Waals surface area contributed by atoms with E-state index in [1.54, 1.807) is 12.3 Å². The average molecular weight is 492 g/mol. The first-order valence-corrected chi connectivity index (χ1v) is 11.1. The summed E-state index contributed by atoms with van der Waals surface area (Å²) in [7, 11) is 0. The lowest BCUT2D eigenvalue weighted by molar-refractivity contribution is 0.0952. The normalized spacial score (nSPS) is 11.2. The summed E-state index contributed by atoms with van der Waals surface area (Å²) in [5.74, 6) is -0.615. The third-order valence-electron chi connectivity index (χ3n) is 4.53. The minimum absolute atomic E-state index is 0.112. The molecule has 0 saturated heterocycles. The molecule has 0 saturated carbocycles. The summed E-state index contributed by atoms with van der Waals surface area (Å²) in [6.45, 7) is 2.05. The number of para-hydroxylation sites is 1. The number of nitrogens with zero attached hydrogens (tertiary/aromatic N) is 2. The first kappa shape index (κ1) is 21.1. The van der Waals surface area contributed by atoms with Crippen molar-refractivity contribution in [3.05, 3.63) is 94.0 Å². The van der Waals surface area contributed by atoms with Crippen molar-refractivity contribution in [3.63, 3.8) is 0 Å². The van der Waals surface area contributed by atoms with E-state index in [1.807, 2.05) is 37.3 Å². The molecular formula is C24H18BrN3O2S. The van der Waals surface area contributed by atoms with Gasteiger partial charge in [-0.2, -0.15) is 5.10 Å². The number of carbonyl (C=O) groups is 1. The van der Waals surface area contributed by atoms with E-state index in [0.29, 0.717) is 4.47 Å². The number of rotatable bonds is 5. The third-order valence-corrected chi connectivity index (χ3v) is 6.05. The van der Waals surface area contributed by atoms with Crippen LogP contribution >= 0.6 is 27.7 Å². The van der Waals surface area contributed by atoms with Crippen molar-refractivity contribution in [1.82, 2.24) is 10.4 Å². The average Bonchev–Trinajstić information content (AvgIpc) is 2.77. The third kappa shape index (κ3) is 5.13. The van der Waals surface area contributed by atoms with Crippen molar-refractivity contribution in [2.75, 3.05) is 0 Å². The second-order valence-electron chi connectivity index (χ2n) is 6.85. The number of pyridine rings is 1. The molecule has 31 heavy (non-hydrogen) atoms. The summed E-state index contributed by atoms with van der Waals surface area (Å²) in [6.07, 6.45) is 1.57. The van der Waals surface area contributed by atoms with Gasteiger partial charge in [-0.3, -0.25) is 4.79 Å². The molecule has 0 aliphatic rings. The highest BCUT2D eigenvalue weighted by Gasteiger charge is 2.11. The topological polar surface area (TPSA) is 74.6 Å². The van der Waals surface area contributed by atoms with Gasteiger partial charge in [-0.1, -0.05) is 63.6 Å². The fourth-order valence-electron chi connectivity index (χ4n) is 2.92. The SMILES string of the molecule is Cc1ccc(Sc2nc3ccccc3cc2/C=N\NC(=O)c2cc(Br)ccc2O)cc1. The molecule has 0 spiro atoms. The lowest BCUT2D eigenvalue weighted by atomic mass is 10.2. The van der Waals surface area contributed by atoms with E-state index in [4.69, 9.17) is 4.98 Å². The molecule has 2 N–H and O–H groups in total. The minimum atomic E-state index is -0.503. The molecule has 3 aromatic carbocycles. The fraction of sp³-hybridized carbons (Fsp3) is 0.0417. The maximum atomic E-state index is 12.4. The molecule has 0 fully saturated rings. The van der Waals surface area contributed by atoms with Crippen molar-refractivity contribution >= 4 is 50.7 Å². The molecule has 154 valence electrons. The van der Waals surface area contributed by atoms with Crippen molar-refractivity contribution in [2.45, 2.75) is 16.8 Å². The number of aromatic hydroxyl groups is 1. The second-order valence-corrected chi connectivity index (χ2v) is 8.83. The van der Waals surface area contributed by atoms with Crippen LogP contribution in [-0.4, -0.2) is 22.2 Å². The number of phenols is 1. The Balaban J connectivity index is 1.62. The zero-order valence-electron chi connectivity index (χ0n) is 16.5. The van der Waals surface area contributed by atoms with Crippen LogP contribution in [0.2, 0.25) is 0 Å². The number of aromatic nitrogens is 1. The number of benzene rings is 3. The van der Waals surface area contributed by atoms with Crippen LogP contribution in [0.4, 0.5) is 0 Å². The molecule has 0 aliphatic heterocycles. The Bertz CT molecular complexity index is 1290. The molecule has 5 nitrogen and oxygen atoms in total. The predicted molar refractivity (Wildman–Crippen MR) is 128 cm³/mol. The number of hydrogen-bond donors (Lipinski definition) is 2. The van der Waals surface area contributed by atoms with Gasteiger partial charge in [0.2, 0.25) is 0 Å². The number of phenolic OH excluding ortho intramolecular Hbond substituents is 1. The van der Waals surface area contributed by atoms with Crippen molar-refractivity contribution in [3.8, 4) is 5.75 Å². The minimum Gasteiger partial charge on any atom is -0.507 e. The predicted octanol–water partition coefficient (Wildman–Crippen LogP) is 5.93. The first-order valence-electron chi connectivity index (χ1n) is 9.46. The number of carbonyl (C=O) groups excluding carboxylic acids is 1. The Kier molecular flexibility index (Phi) is 6.34. The summed E-state index contributed by atoms with van der Waals surface area (Å²) < 4.78 is 0.690. The number of nitrogens with one attached hydrogen (secondary N) is 1. The monoisotopic (exact) mass is 491 g/mol. The summed E-state index contributed by atoms with van der Waals surface area (Å²) in [4.78, 5) is 18.3. The lowest BCUT2D eigenvalue weighted by Crippen LogP contribution is -2.17. The molecule has 4 aromatic rings. The highest BCUT2D eigenvalue weighted by Crippen LogP contribution is 2.30. The Morgan fingerprint density at radius 2 is 1.87 bits per heavy atom. The Morgan fingerprint density at radius 3 is 2.68 bits per heavy atom. The molecule has 1 aromatic heterocycles. The number of hydrazone groups is 1. The molecule has 0 radical (unpaired) electrons. The molecule has 0 unspecified atom stereocenters. The number of halogens is 1. The highest BCUT2D eigenvalue weighted by atomic mass is 79.9. The van der Waals surface area contributed by atoms with Crippen LogP contribution in [0.15, 0.2) is 92.3 Å². The van der Waals surface area contributed by atoms with Gasteiger partial charge in [-0.25, -0.2) is 10.4 Å². The Morgan fingerprint density at radius 1 is 1.10 bits per heavy atom. The second kappa shape index (κ2) is 9.32. The van der Waals surface area contributed by atoms with Crippen LogP contribution in [-0.2, 0) is 0 Å². The largest absolute Gasteiger partial charge is 0.507 e. The summed E-state index contributed by atoms with van der Waals surface area (Å²) in [5.41, 5.74) is 5.47. The van der Waals surface area contributed by atoms with Crippen molar-refractivity contribution < 1.29 is 9.90 Å². The maximum Gasteiger partial charge on any atom is 0.275 e. The van der Waals surface area contributed by atoms with Gasteiger partial charge in [0.05, 0.1) is 17.3 Å². The molecule has 1 amide bonds. The van der Waals surface area contributed by atoms with Crippen LogP contribution in [0, 0.1) is 6.92 Å². The van der Waals surface area contributed by atoms with E-state index in [1.165, 1.54) is 29.5 Å². The zero-order valence-corrected chi connectivity index (χ0v) is 18.9. The van der Waals surface area contributed by atoms with Gasteiger partial charge >= 0.3 is 0 Å². The molecule has 7 heteroatoms. The summed E-state index contributed by atoms with van der Waals surface area (Å²) in [5, 5.41) is 15.8. The maximum absolute atomic E-state index is 12.4. The smallest absolute Gasteiger partial charge is 0.275 e. The zero-order chi connectivity index (χ0) is 21.8. The molecule has 0 atom stereocenters. The van der Waals surface area contributed by atoms with Crippen molar-refractivity contribution in [2.24, 2.45) is 5.10 Å². The van der Waals surface area contributed by atoms with Gasteiger partial charge in [0, 0.05) is 20.3 Å². The van der Waals surface area contributed by atoms with Crippen LogP contribution in [0.3, 0.4) is 0 Å². The molecular weight excluding hydrogens is 474 g/mol. The van der Waals surface area contributed by atoms with Gasteiger partial charge in [-0.05, 0) is 49.4 Å². The summed E-state index contributed by atoms with van der Waals surface area (Å²) in [6, 6.07) is 22.7. The van der Waals surface area contributed by atoms with Crippen LogP contribution in [0.5, 0.6) is 5.75 Å². The van der Waals surface area contributed by atoms with Gasteiger partial charge in [-0.15, -0.1) is 0 Å². The number of hydrogen-bond acceptors (Lipinski definition) is 5. The number of fused-ring (bicyclic) bond motifs is 1. The fourth-order valence-corrected chi connectivity index (χ4v) is 4.15. The lowest BCUT2D eigenvalue weighted by Gasteiger charge is -2.08. The Labute approximate surface area is 192 Å². The van der Waals surface area contributed by atoms with E-state index in [9.17, 15) is 9.90 Å². The van der Waals surface area contributed by atoms with E-state index < -0.39 is 5.91 Å². The van der Waals surface area contributed by atoms with Gasteiger partial charge in [0.1, 0.15) is 10.8 Å². The van der Waals surface area contributed by atoms with Crippen molar-refractivity contribution in [1.29, 1.82) is 0 Å².